The summed E-state index contributed by atoms with van der Waals surface area (Å²) in [6.45, 7) is 1.90. The molecule has 0 spiro atoms. The van der Waals surface area contributed by atoms with Crippen LogP contribution in [0.1, 0.15) is 39.5 Å². The lowest BCUT2D eigenvalue weighted by molar-refractivity contribution is -0.131. The Kier molecular flexibility index (Phi) is 9.66. The highest BCUT2D eigenvalue weighted by molar-refractivity contribution is 5.87. The number of carbonyl (C=O) groups is 2. The molecule has 0 aliphatic rings. The zero-order chi connectivity index (χ0) is 21.3. The maximum atomic E-state index is 10.2. The molecule has 0 bridgehead atoms. The highest BCUT2D eigenvalue weighted by atomic mass is 16.4. The molecule has 0 aliphatic heterocycles. The van der Waals surface area contributed by atoms with Crippen molar-refractivity contribution in [3.63, 3.8) is 0 Å². The Hall–Kier alpha value is -5.36. The van der Waals surface area contributed by atoms with Gasteiger partial charge in [-0.25, -0.2) is 9.59 Å². The summed E-state index contributed by atoms with van der Waals surface area (Å²) in [6.07, 6.45) is 0. The lowest BCUT2D eigenvalue weighted by Gasteiger charge is -1.96. The predicted molar refractivity (Wildman–Crippen MR) is 141 cm³/mol. The molecule has 1 aromatic carbocycles. The van der Waals surface area contributed by atoms with E-state index in [0.717, 1.165) is 5.56 Å². The van der Waals surface area contributed by atoms with Gasteiger partial charge in [0.25, 0.3) is 0 Å². The molecule has 1 rings (SSSR count). The van der Waals surface area contributed by atoms with Gasteiger partial charge in [-0.15, -0.1) is 0 Å². The summed E-state index contributed by atoms with van der Waals surface area (Å²) in [5.74, 6) is 35.6. The van der Waals surface area contributed by atoms with Crippen LogP contribution in [0, 0.1) is 102 Å². The molecule has 0 aromatic heterocycles. The van der Waals surface area contributed by atoms with Gasteiger partial charge in [0.1, 0.15) is 0 Å². The van der Waals surface area contributed by atoms with E-state index in [0.29, 0.717) is 11.1 Å². The highest BCUT2D eigenvalue weighted by Gasteiger charge is 1.93. The number of aryl methyl sites for hydroxylation is 1. The van der Waals surface area contributed by atoms with E-state index in [-0.39, 0.29) is 22.8 Å². The summed E-state index contributed by atoms with van der Waals surface area (Å²) in [6, 6.07) is 5.49. The number of carboxylic acids is 2. The molecule has 2 N–H and O–H groups in total. The van der Waals surface area contributed by atoms with Crippen LogP contribution in [-0.4, -0.2) is 22.2 Å². The molecule has 0 aliphatic carbocycles. The first-order valence-electron chi connectivity index (χ1n) is 7.59. The van der Waals surface area contributed by atoms with Crippen LogP contribution in [0.15, 0.2) is 18.2 Å². The number of rotatable bonds is 0. The van der Waals surface area contributed by atoms with E-state index in [1.807, 2.05) is 30.9 Å². The molecule has 0 saturated carbocycles. The van der Waals surface area contributed by atoms with Crippen LogP contribution in [-0.2, 0) is 9.59 Å². The normalized spacial score (nSPS) is 6.52. The maximum Gasteiger partial charge on any atom is 0.382 e. The Morgan fingerprint density at radius 3 is 1.34 bits per heavy atom. The lowest BCUT2D eigenvalue weighted by atomic mass is 10.1. The minimum absolute atomic E-state index is 0. The second-order valence-corrected chi connectivity index (χ2v) is 4.70. The first-order chi connectivity index (χ1) is 14.0. The summed E-state index contributed by atoms with van der Waals surface area (Å²) in [5.41, 5.74) is 2.37. The number of benzene rings is 1. The van der Waals surface area contributed by atoms with Crippen LogP contribution < -0.4 is 0 Å². The van der Waals surface area contributed by atoms with Crippen LogP contribution in [0.4, 0.5) is 0 Å². The maximum absolute atomic E-state index is 10.2. The first kappa shape index (κ1) is 21.7. The third-order valence-electron chi connectivity index (χ3n) is 2.45. The molecule has 29 heavy (non-hydrogen) atoms. The third-order valence-corrected chi connectivity index (χ3v) is 2.45. The summed E-state index contributed by atoms with van der Waals surface area (Å²) < 4.78 is 0. The van der Waals surface area contributed by atoms with Gasteiger partial charge in [-0.2, -0.15) is 0 Å². The molecular formula is C25H40O4. The van der Waals surface area contributed by atoms with Crippen molar-refractivity contribution >= 4 is 11.9 Å². The van der Waals surface area contributed by atoms with Gasteiger partial charge in [0.15, 0.2) is 0 Å². The van der Waals surface area contributed by atoms with Crippen molar-refractivity contribution < 1.29 is 42.6 Å². The van der Waals surface area contributed by atoms with Crippen LogP contribution in [0.3, 0.4) is 0 Å². The summed E-state index contributed by atoms with van der Waals surface area (Å²) in [5, 5.41) is 16.6. The first-order valence-corrected chi connectivity index (χ1v) is 7.59. The fraction of sp³-hybridized carbons (Fsp3) is 0.0400. The minimum Gasteiger partial charge on any atom is -0.472 e. The van der Waals surface area contributed by atoms with Crippen molar-refractivity contribution in [2.24, 2.45) is 0 Å². The van der Waals surface area contributed by atoms with Crippen LogP contribution >= 0.6 is 0 Å². The minimum atomic E-state index is -1.26. The Bertz CT molecular complexity index is 1290. The fourth-order valence-electron chi connectivity index (χ4n) is 1.55. The van der Waals surface area contributed by atoms with Crippen LogP contribution in [0.5, 0.6) is 0 Å². The van der Waals surface area contributed by atoms with Crippen LogP contribution in [0.25, 0.3) is 0 Å². The van der Waals surface area contributed by atoms with Gasteiger partial charge >= 0.3 is 11.9 Å². The van der Waals surface area contributed by atoms with Gasteiger partial charge in [-0.1, -0.05) is 11.8 Å². The van der Waals surface area contributed by atoms with Gasteiger partial charge in [0.2, 0.25) is 0 Å². The van der Waals surface area contributed by atoms with Crippen LogP contribution in [0.2, 0.25) is 0 Å². The Morgan fingerprint density at radius 1 is 0.621 bits per heavy atom. The molecule has 4 heteroatoms. The van der Waals surface area contributed by atoms with E-state index in [1.165, 1.54) is 0 Å². The standard InChI is InChI=1S/C25H8O4.16H2/c1-21-18-22(14-10-6-2-4-8-12-16-24(26)27)20-23(19-21)15-11-7-3-5-9-13-17-25(28)29;;;;;;;;;;;;;;;;/h18-20H,1H3,(H,26,27)(H,28,29);16*1H. The summed E-state index contributed by atoms with van der Waals surface area (Å²) in [7, 11) is 0. The molecule has 4 nitrogen and oxygen atoms in total. The molecule has 0 heterocycles. The van der Waals surface area contributed by atoms with Crippen molar-refractivity contribution in [1.29, 1.82) is 0 Å². The molecule has 0 saturated heterocycles. The number of carboxylic acid groups (broad SMARTS) is 2. The van der Waals surface area contributed by atoms with Gasteiger partial charge < -0.3 is 10.2 Å². The Labute approximate surface area is 192 Å². The SMILES string of the molecule is Cc1cc(C#CC#CC#CC#CC(=O)O)cc(C#CC#CC#CC#CC(=O)O)c1.[HH].[HH].[HH].[HH].[HH].[HH].[HH].[HH].[HH].[HH].[HH].[HH].[HH].[HH].[HH].[HH]. The molecule has 0 unspecified atom stereocenters. The Balaban J connectivity index is -0.0000000375. The monoisotopic (exact) mass is 404 g/mol. The fourth-order valence-corrected chi connectivity index (χ4v) is 1.55. The second kappa shape index (κ2) is 12.9. The number of hydrogen-bond acceptors (Lipinski definition) is 2. The molecule has 1 aromatic rings. The zero-order valence-corrected chi connectivity index (χ0v) is 14.9. The molecule has 0 radical (unpaired) electrons. The van der Waals surface area contributed by atoms with E-state index in [1.54, 1.807) is 6.07 Å². The van der Waals surface area contributed by atoms with E-state index in [4.69, 9.17) is 10.2 Å². The highest BCUT2D eigenvalue weighted by Crippen LogP contribution is 2.07. The molecule has 0 fully saturated rings. The third kappa shape index (κ3) is 11.8. The van der Waals surface area contributed by atoms with Gasteiger partial charge in [-0.3, -0.25) is 0 Å². The molecule has 164 valence electrons. The van der Waals surface area contributed by atoms with E-state index in [9.17, 15) is 9.59 Å². The topological polar surface area (TPSA) is 74.6 Å². The summed E-state index contributed by atoms with van der Waals surface area (Å²) in [4.78, 5) is 20.3. The van der Waals surface area contributed by atoms with Crippen molar-refractivity contribution in [3.05, 3.63) is 34.9 Å². The zero-order valence-electron chi connectivity index (χ0n) is 14.9. The van der Waals surface area contributed by atoms with Gasteiger partial charge in [-0.05, 0) is 102 Å². The van der Waals surface area contributed by atoms with E-state index in [2.05, 4.69) is 82.9 Å². The number of hydrogen-bond donors (Lipinski definition) is 2. The number of aliphatic carboxylic acids is 2. The average molecular weight is 405 g/mol. The van der Waals surface area contributed by atoms with Crippen molar-refractivity contribution in [2.75, 3.05) is 0 Å². The molecular weight excluding hydrogens is 364 g/mol. The van der Waals surface area contributed by atoms with Crippen molar-refractivity contribution in [1.82, 2.24) is 0 Å². The summed E-state index contributed by atoms with van der Waals surface area (Å²) >= 11 is 0. The molecule has 0 atom stereocenters. The van der Waals surface area contributed by atoms with Crippen molar-refractivity contribution in [2.45, 2.75) is 6.92 Å². The van der Waals surface area contributed by atoms with E-state index < -0.39 is 11.9 Å². The molecule has 0 amide bonds. The van der Waals surface area contributed by atoms with Gasteiger partial charge in [0.05, 0.1) is 0 Å². The van der Waals surface area contributed by atoms with Gasteiger partial charge in [0, 0.05) is 45.8 Å². The lowest BCUT2D eigenvalue weighted by Crippen LogP contribution is -1.85. The van der Waals surface area contributed by atoms with E-state index >= 15 is 0 Å². The Morgan fingerprint density at radius 2 is 0.966 bits per heavy atom. The smallest absolute Gasteiger partial charge is 0.382 e. The second-order valence-electron chi connectivity index (χ2n) is 4.70. The average Bonchev–Trinajstić information content (AvgIpc) is 2.65. The predicted octanol–water partition coefficient (Wildman–Crippen LogP) is 4.82. The van der Waals surface area contributed by atoms with Crippen molar-refractivity contribution in [3.8, 4) is 94.7 Å². The largest absolute Gasteiger partial charge is 0.472 e. The quantitative estimate of drug-likeness (QED) is 0.608.